The number of aromatic nitrogens is 1. The van der Waals surface area contributed by atoms with Crippen LogP contribution in [0, 0.1) is 19.7 Å². The van der Waals surface area contributed by atoms with Gasteiger partial charge in [-0.3, -0.25) is 0 Å². The molecule has 3 aromatic rings. The lowest BCUT2D eigenvalue weighted by Gasteiger charge is -2.30. The second-order valence-corrected chi connectivity index (χ2v) is 6.39. The van der Waals surface area contributed by atoms with Crippen LogP contribution in [0.1, 0.15) is 11.1 Å². The Bertz CT molecular complexity index is 930. The Labute approximate surface area is 147 Å². The first kappa shape index (κ1) is 15.6. The number of pyridine rings is 1. The Balaban J connectivity index is 1.86. The number of halogens is 1. The highest BCUT2D eigenvalue weighted by Gasteiger charge is 2.28. The first-order valence-corrected chi connectivity index (χ1v) is 8.39. The van der Waals surface area contributed by atoms with Gasteiger partial charge in [0.2, 0.25) is 6.71 Å². The minimum Gasteiger partial charge on any atom is -0.303 e. The van der Waals surface area contributed by atoms with Crippen molar-refractivity contribution in [2.24, 2.45) is 0 Å². The van der Waals surface area contributed by atoms with Crippen molar-refractivity contribution in [1.82, 2.24) is 4.98 Å². The van der Waals surface area contributed by atoms with Gasteiger partial charge in [-0.2, -0.15) is 0 Å². The molecule has 122 valence electrons. The molecule has 2 nitrogen and oxygen atoms in total. The van der Waals surface area contributed by atoms with Gasteiger partial charge in [0.1, 0.15) is 11.6 Å². The van der Waals surface area contributed by atoms with E-state index in [1.165, 1.54) is 10.9 Å². The molecular formula is C21H18BFN2. The van der Waals surface area contributed by atoms with Gasteiger partial charge < -0.3 is 4.90 Å². The molecule has 0 amide bonds. The Morgan fingerprint density at radius 1 is 0.960 bits per heavy atom. The van der Waals surface area contributed by atoms with Gasteiger partial charge >= 0.3 is 0 Å². The monoisotopic (exact) mass is 328 g/mol. The third kappa shape index (κ3) is 2.74. The standard InChI is InChI=1S/C21H18BFN2/c1-15-13-17(23)14-16(2)21(15)22-10-12-25(20-9-5-6-11-24-20)19-8-4-3-7-18(19)22/h3-14H,1-2H3. The SMILES string of the molecule is Cc1cc(F)cc(C)c1B1C=CN(c2ccccn2)c2ccccc21. The number of para-hydroxylation sites is 1. The molecule has 0 atom stereocenters. The van der Waals surface area contributed by atoms with Crippen molar-refractivity contribution in [2.75, 3.05) is 4.90 Å². The van der Waals surface area contributed by atoms with Crippen molar-refractivity contribution >= 4 is 29.1 Å². The molecule has 0 spiro atoms. The lowest BCUT2D eigenvalue weighted by molar-refractivity contribution is 0.626. The molecule has 0 radical (unpaired) electrons. The van der Waals surface area contributed by atoms with Crippen LogP contribution in [0.4, 0.5) is 15.9 Å². The molecule has 0 N–H and O–H groups in total. The summed E-state index contributed by atoms with van der Waals surface area (Å²) < 4.78 is 13.7. The van der Waals surface area contributed by atoms with Gasteiger partial charge in [-0.05, 0) is 55.8 Å². The normalized spacial score (nSPS) is 13.1. The smallest absolute Gasteiger partial charge is 0.238 e. The fraction of sp³-hybridized carbons (Fsp3) is 0.0952. The first-order chi connectivity index (χ1) is 12.1. The highest BCUT2D eigenvalue weighted by Crippen LogP contribution is 2.26. The van der Waals surface area contributed by atoms with E-state index in [0.717, 1.165) is 22.6 Å². The van der Waals surface area contributed by atoms with E-state index < -0.39 is 0 Å². The van der Waals surface area contributed by atoms with Gasteiger partial charge in [-0.1, -0.05) is 46.8 Å². The predicted molar refractivity (Wildman–Crippen MR) is 103 cm³/mol. The highest BCUT2D eigenvalue weighted by atomic mass is 19.1. The summed E-state index contributed by atoms with van der Waals surface area (Å²) in [5.74, 6) is 2.88. The molecule has 4 rings (SSSR count). The second-order valence-electron chi connectivity index (χ2n) is 6.39. The fourth-order valence-corrected chi connectivity index (χ4v) is 3.69. The van der Waals surface area contributed by atoms with E-state index in [0.29, 0.717) is 0 Å². The summed E-state index contributed by atoms with van der Waals surface area (Å²) in [7, 11) is 0. The van der Waals surface area contributed by atoms with Crippen LogP contribution in [0.5, 0.6) is 0 Å². The van der Waals surface area contributed by atoms with Gasteiger partial charge in [0.15, 0.2) is 0 Å². The van der Waals surface area contributed by atoms with Gasteiger partial charge in [-0.15, -0.1) is 0 Å². The van der Waals surface area contributed by atoms with Crippen LogP contribution in [-0.2, 0) is 0 Å². The van der Waals surface area contributed by atoms with Crippen LogP contribution in [0.2, 0.25) is 0 Å². The summed E-state index contributed by atoms with van der Waals surface area (Å²) in [5, 5.41) is 0. The molecule has 2 heterocycles. The maximum absolute atomic E-state index is 13.7. The Hall–Kier alpha value is -2.88. The van der Waals surface area contributed by atoms with Gasteiger partial charge in [0.25, 0.3) is 0 Å². The average molecular weight is 328 g/mol. The van der Waals surface area contributed by atoms with Crippen LogP contribution in [0.25, 0.3) is 0 Å². The van der Waals surface area contributed by atoms with E-state index in [9.17, 15) is 4.39 Å². The lowest BCUT2D eigenvalue weighted by Crippen LogP contribution is -2.47. The maximum atomic E-state index is 13.7. The molecule has 0 aliphatic carbocycles. The number of benzene rings is 2. The summed E-state index contributed by atoms with van der Waals surface area (Å²) in [4.78, 5) is 6.57. The van der Waals surface area contributed by atoms with E-state index in [-0.39, 0.29) is 12.5 Å². The topological polar surface area (TPSA) is 16.1 Å². The number of anilines is 2. The van der Waals surface area contributed by atoms with Crippen molar-refractivity contribution in [3.63, 3.8) is 0 Å². The largest absolute Gasteiger partial charge is 0.303 e. The molecule has 0 fully saturated rings. The van der Waals surface area contributed by atoms with E-state index in [4.69, 9.17) is 0 Å². The summed E-state index contributed by atoms with van der Waals surface area (Å²) in [6, 6.07) is 17.5. The third-order valence-electron chi connectivity index (χ3n) is 4.72. The van der Waals surface area contributed by atoms with Gasteiger partial charge in [-0.25, -0.2) is 9.37 Å². The number of rotatable bonds is 2. The van der Waals surface area contributed by atoms with Crippen molar-refractivity contribution < 1.29 is 4.39 Å². The van der Waals surface area contributed by atoms with E-state index >= 15 is 0 Å². The molecule has 0 saturated heterocycles. The highest BCUT2D eigenvalue weighted by molar-refractivity contribution is 6.91. The zero-order valence-electron chi connectivity index (χ0n) is 14.3. The van der Waals surface area contributed by atoms with Crippen LogP contribution in [-0.4, -0.2) is 11.7 Å². The molecule has 0 saturated carbocycles. The molecule has 1 aromatic heterocycles. The zero-order valence-corrected chi connectivity index (χ0v) is 14.3. The van der Waals surface area contributed by atoms with Crippen molar-refractivity contribution in [1.29, 1.82) is 0 Å². The summed E-state index contributed by atoms with van der Waals surface area (Å²) in [5.41, 5.74) is 5.44. The van der Waals surface area contributed by atoms with Gasteiger partial charge in [0.05, 0.1) is 0 Å². The fourth-order valence-electron chi connectivity index (χ4n) is 3.69. The summed E-state index contributed by atoms with van der Waals surface area (Å²) in [6.07, 6.45) is 3.86. The molecule has 1 aliphatic heterocycles. The number of hydrogen-bond donors (Lipinski definition) is 0. The molecular weight excluding hydrogens is 310 g/mol. The quantitative estimate of drug-likeness (QED) is 0.668. The first-order valence-electron chi connectivity index (χ1n) is 8.39. The van der Waals surface area contributed by atoms with E-state index in [2.05, 4.69) is 40.3 Å². The number of nitrogens with zero attached hydrogens (tertiary/aromatic N) is 2. The zero-order chi connectivity index (χ0) is 17.4. The Kier molecular flexibility index (Phi) is 3.88. The third-order valence-corrected chi connectivity index (χ3v) is 4.72. The van der Waals surface area contributed by atoms with Gasteiger partial charge in [0, 0.05) is 11.9 Å². The molecule has 0 bridgehead atoms. The minimum absolute atomic E-state index is 0.108. The van der Waals surface area contributed by atoms with Crippen molar-refractivity contribution in [3.8, 4) is 0 Å². The number of hydrogen-bond acceptors (Lipinski definition) is 2. The maximum Gasteiger partial charge on any atom is 0.238 e. The Morgan fingerprint density at radius 2 is 1.68 bits per heavy atom. The van der Waals surface area contributed by atoms with Crippen molar-refractivity contribution in [3.05, 3.63) is 89.9 Å². The predicted octanol–water partition coefficient (Wildman–Crippen LogP) is 3.65. The van der Waals surface area contributed by atoms with Crippen LogP contribution >= 0.6 is 0 Å². The molecule has 25 heavy (non-hydrogen) atoms. The average Bonchev–Trinajstić information content (AvgIpc) is 2.62. The summed E-state index contributed by atoms with van der Waals surface area (Å²) in [6.45, 7) is 4.07. The minimum atomic E-state index is -0.179. The molecule has 4 heteroatoms. The second kappa shape index (κ2) is 6.21. The van der Waals surface area contributed by atoms with E-state index in [1.54, 1.807) is 18.3 Å². The molecule has 0 unspecified atom stereocenters. The molecule has 2 aromatic carbocycles. The van der Waals surface area contributed by atoms with E-state index in [1.807, 2.05) is 38.1 Å². The van der Waals surface area contributed by atoms with Crippen LogP contribution in [0.15, 0.2) is 73.0 Å². The Morgan fingerprint density at radius 3 is 2.40 bits per heavy atom. The van der Waals surface area contributed by atoms with Crippen LogP contribution < -0.4 is 15.8 Å². The lowest BCUT2D eigenvalue weighted by atomic mass is 9.38. The number of aryl methyl sites for hydroxylation is 2. The number of fused-ring (bicyclic) bond motifs is 1. The molecule has 1 aliphatic rings. The van der Waals surface area contributed by atoms with Crippen molar-refractivity contribution in [2.45, 2.75) is 13.8 Å². The summed E-state index contributed by atoms with van der Waals surface area (Å²) >= 11 is 0. The van der Waals surface area contributed by atoms with Crippen LogP contribution in [0.3, 0.4) is 0 Å².